The van der Waals surface area contributed by atoms with Crippen LogP contribution < -0.4 is 5.32 Å². The van der Waals surface area contributed by atoms with Gasteiger partial charge in [-0.3, -0.25) is 14.6 Å². The number of likely N-dealkylation sites (tertiary alicyclic amines) is 1. The van der Waals surface area contributed by atoms with E-state index in [0.717, 1.165) is 5.56 Å². The molecular formula is C17H18BrN3O3. The first-order valence-corrected chi connectivity index (χ1v) is 8.64. The number of pyridine rings is 1. The zero-order chi connectivity index (χ0) is 16.9. The number of halogens is 1. The van der Waals surface area contributed by atoms with Crippen molar-refractivity contribution in [3.05, 3.63) is 52.7 Å². The molecule has 0 saturated carbocycles. The Morgan fingerprint density at radius 1 is 1.29 bits per heavy atom. The van der Waals surface area contributed by atoms with Gasteiger partial charge in [-0.2, -0.15) is 0 Å². The number of hydrogen-bond acceptors (Lipinski definition) is 4. The van der Waals surface area contributed by atoms with Gasteiger partial charge >= 0.3 is 0 Å². The van der Waals surface area contributed by atoms with Crippen molar-refractivity contribution in [2.75, 3.05) is 13.1 Å². The van der Waals surface area contributed by atoms with E-state index in [9.17, 15) is 9.59 Å². The molecule has 126 valence electrons. The summed E-state index contributed by atoms with van der Waals surface area (Å²) in [6, 6.07) is 7.12. The Labute approximate surface area is 148 Å². The molecule has 2 aromatic heterocycles. The van der Waals surface area contributed by atoms with Crippen LogP contribution >= 0.6 is 15.9 Å². The van der Waals surface area contributed by atoms with Gasteiger partial charge in [0.05, 0.1) is 0 Å². The smallest absolute Gasteiger partial charge is 0.289 e. The maximum atomic E-state index is 12.3. The lowest BCUT2D eigenvalue weighted by atomic mass is 9.95. The summed E-state index contributed by atoms with van der Waals surface area (Å²) in [6.07, 6.45) is 4.76. The third-order valence-corrected chi connectivity index (χ3v) is 4.55. The molecule has 0 unspecified atom stereocenters. The van der Waals surface area contributed by atoms with E-state index in [1.165, 1.54) is 0 Å². The van der Waals surface area contributed by atoms with Crippen LogP contribution in [-0.2, 0) is 11.3 Å². The number of carbonyl (C=O) groups is 2. The van der Waals surface area contributed by atoms with Crippen molar-refractivity contribution in [3.63, 3.8) is 0 Å². The van der Waals surface area contributed by atoms with Gasteiger partial charge in [0, 0.05) is 37.9 Å². The van der Waals surface area contributed by atoms with Crippen LogP contribution in [0.4, 0.5) is 0 Å². The number of piperidine rings is 1. The van der Waals surface area contributed by atoms with Crippen molar-refractivity contribution in [1.29, 1.82) is 0 Å². The molecular weight excluding hydrogens is 374 g/mol. The lowest BCUT2D eigenvalue weighted by molar-refractivity contribution is -0.126. The van der Waals surface area contributed by atoms with Gasteiger partial charge in [0.15, 0.2) is 10.4 Å². The topological polar surface area (TPSA) is 75.4 Å². The number of nitrogens with zero attached hydrogens (tertiary/aromatic N) is 2. The molecule has 6 nitrogen and oxygen atoms in total. The average molecular weight is 392 g/mol. The van der Waals surface area contributed by atoms with E-state index >= 15 is 0 Å². The Morgan fingerprint density at radius 2 is 2.08 bits per heavy atom. The van der Waals surface area contributed by atoms with Gasteiger partial charge in [-0.1, -0.05) is 6.07 Å². The minimum absolute atomic E-state index is 0.0340. The summed E-state index contributed by atoms with van der Waals surface area (Å²) in [5.74, 6) is 0.164. The molecule has 0 atom stereocenters. The zero-order valence-corrected chi connectivity index (χ0v) is 14.7. The molecule has 7 heteroatoms. The number of furan rings is 1. The highest BCUT2D eigenvalue weighted by Gasteiger charge is 2.28. The summed E-state index contributed by atoms with van der Waals surface area (Å²) in [5, 5.41) is 2.94. The van der Waals surface area contributed by atoms with Crippen LogP contribution in [0.1, 0.15) is 29.0 Å². The summed E-state index contributed by atoms with van der Waals surface area (Å²) in [5.41, 5.74) is 0.974. The maximum absolute atomic E-state index is 12.3. The first-order chi connectivity index (χ1) is 11.6. The van der Waals surface area contributed by atoms with E-state index in [0.29, 0.717) is 42.9 Å². The Balaban J connectivity index is 1.47. The Hall–Kier alpha value is -2.15. The summed E-state index contributed by atoms with van der Waals surface area (Å²) in [7, 11) is 0. The largest absolute Gasteiger partial charge is 0.444 e. The zero-order valence-electron chi connectivity index (χ0n) is 13.1. The van der Waals surface area contributed by atoms with Gasteiger partial charge < -0.3 is 14.6 Å². The highest BCUT2D eigenvalue weighted by atomic mass is 79.9. The second-order valence-corrected chi connectivity index (χ2v) is 6.53. The van der Waals surface area contributed by atoms with Gasteiger partial charge in [0.2, 0.25) is 5.91 Å². The predicted molar refractivity (Wildman–Crippen MR) is 91.1 cm³/mol. The van der Waals surface area contributed by atoms with Gasteiger partial charge in [-0.15, -0.1) is 0 Å². The van der Waals surface area contributed by atoms with Crippen LogP contribution in [0.5, 0.6) is 0 Å². The fraction of sp³-hybridized carbons (Fsp3) is 0.353. The summed E-state index contributed by atoms with van der Waals surface area (Å²) < 4.78 is 5.84. The minimum Gasteiger partial charge on any atom is -0.444 e. The molecule has 3 rings (SSSR count). The molecule has 2 amide bonds. The van der Waals surface area contributed by atoms with Crippen molar-refractivity contribution >= 4 is 27.7 Å². The molecule has 1 saturated heterocycles. The third kappa shape index (κ3) is 4.03. The standard InChI is InChI=1S/C17H18BrN3O3/c18-15-4-3-14(24-15)17(23)21-8-5-13(6-9-21)16(22)20-11-12-2-1-7-19-10-12/h1-4,7,10,13H,5-6,8-9,11H2,(H,20,22). The summed E-state index contributed by atoms with van der Waals surface area (Å²) in [6.45, 7) is 1.59. The molecule has 3 heterocycles. The highest BCUT2D eigenvalue weighted by Crippen LogP contribution is 2.21. The summed E-state index contributed by atoms with van der Waals surface area (Å²) >= 11 is 3.19. The molecule has 0 spiro atoms. The molecule has 1 fully saturated rings. The molecule has 1 aliphatic heterocycles. The monoisotopic (exact) mass is 391 g/mol. The molecule has 0 radical (unpaired) electrons. The van der Waals surface area contributed by atoms with E-state index in [1.807, 2.05) is 12.1 Å². The SMILES string of the molecule is O=C(NCc1cccnc1)C1CCN(C(=O)c2ccc(Br)o2)CC1. The molecule has 0 aromatic carbocycles. The van der Waals surface area contributed by atoms with E-state index in [1.54, 1.807) is 29.4 Å². The Morgan fingerprint density at radius 3 is 2.71 bits per heavy atom. The first-order valence-electron chi connectivity index (χ1n) is 7.84. The highest BCUT2D eigenvalue weighted by molar-refractivity contribution is 9.10. The Kier molecular flexibility index (Phi) is 5.30. The van der Waals surface area contributed by atoms with Crippen molar-refractivity contribution in [2.45, 2.75) is 19.4 Å². The molecule has 24 heavy (non-hydrogen) atoms. The van der Waals surface area contributed by atoms with E-state index in [4.69, 9.17) is 4.42 Å². The average Bonchev–Trinajstić information content (AvgIpc) is 3.06. The van der Waals surface area contributed by atoms with Crippen LogP contribution in [0.25, 0.3) is 0 Å². The second-order valence-electron chi connectivity index (χ2n) is 5.75. The third-order valence-electron chi connectivity index (χ3n) is 4.13. The van der Waals surface area contributed by atoms with Crippen LogP contribution in [0.15, 0.2) is 45.7 Å². The first kappa shape index (κ1) is 16.7. The molecule has 2 aromatic rings. The van der Waals surface area contributed by atoms with Crippen molar-refractivity contribution < 1.29 is 14.0 Å². The molecule has 0 bridgehead atoms. The van der Waals surface area contributed by atoms with Crippen LogP contribution in [0.3, 0.4) is 0 Å². The van der Waals surface area contributed by atoms with Gasteiger partial charge in [-0.05, 0) is 52.5 Å². The quantitative estimate of drug-likeness (QED) is 0.868. The normalized spacial score (nSPS) is 15.3. The van der Waals surface area contributed by atoms with Crippen LogP contribution in [0.2, 0.25) is 0 Å². The van der Waals surface area contributed by atoms with E-state index in [2.05, 4.69) is 26.2 Å². The number of hydrogen-bond donors (Lipinski definition) is 1. The lowest BCUT2D eigenvalue weighted by Gasteiger charge is -2.30. The number of aromatic nitrogens is 1. The molecule has 1 N–H and O–H groups in total. The minimum atomic E-state index is -0.130. The number of nitrogens with one attached hydrogen (secondary N) is 1. The Bertz CT molecular complexity index is 709. The lowest BCUT2D eigenvalue weighted by Crippen LogP contribution is -2.42. The van der Waals surface area contributed by atoms with Crippen LogP contribution in [0, 0.1) is 5.92 Å². The summed E-state index contributed by atoms with van der Waals surface area (Å²) in [4.78, 5) is 30.3. The van der Waals surface area contributed by atoms with Crippen LogP contribution in [-0.4, -0.2) is 34.8 Å². The van der Waals surface area contributed by atoms with Gasteiger partial charge in [0.1, 0.15) is 0 Å². The molecule has 1 aliphatic rings. The van der Waals surface area contributed by atoms with Crippen molar-refractivity contribution in [3.8, 4) is 0 Å². The van der Waals surface area contributed by atoms with Crippen molar-refractivity contribution in [1.82, 2.24) is 15.2 Å². The van der Waals surface area contributed by atoms with Gasteiger partial charge in [0.25, 0.3) is 5.91 Å². The number of amides is 2. The number of carbonyl (C=O) groups excluding carboxylic acids is 2. The molecule has 0 aliphatic carbocycles. The second kappa shape index (κ2) is 7.61. The van der Waals surface area contributed by atoms with Crippen molar-refractivity contribution in [2.24, 2.45) is 5.92 Å². The van der Waals surface area contributed by atoms with Gasteiger partial charge in [-0.25, -0.2) is 0 Å². The number of rotatable bonds is 4. The predicted octanol–water partition coefficient (Wildman–Crippen LogP) is 2.61. The maximum Gasteiger partial charge on any atom is 0.289 e. The fourth-order valence-corrected chi connectivity index (χ4v) is 3.07. The van der Waals surface area contributed by atoms with E-state index in [-0.39, 0.29) is 17.7 Å². The van der Waals surface area contributed by atoms with E-state index < -0.39 is 0 Å². The fourth-order valence-electron chi connectivity index (χ4n) is 2.77.